The van der Waals surface area contributed by atoms with Crippen LogP contribution in [0.1, 0.15) is 12.0 Å². The third-order valence-electron chi connectivity index (χ3n) is 4.91. The highest BCUT2D eigenvalue weighted by Gasteiger charge is 2.55. The van der Waals surface area contributed by atoms with E-state index in [1.807, 2.05) is 19.1 Å². The fourth-order valence-electron chi connectivity index (χ4n) is 3.29. The van der Waals surface area contributed by atoms with Crippen LogP contribution in [-0.2, 0) is 19.1 Å². The Kier molecular flexibility index (Phi) is 9.28. The summed E-state index contributed by atoms with van der Waals surface area (Å²) in [5.41, 5.74) is 9.45. The van der Waals surface area contributed by atoms with Gasteiger partial charge in [-0.25, -0.2) is 4.79 Å². The Morgan fingerprint density at radius 2 is 2.06 bits per heavy atom. The number of hydrogen-bond donors (Lipinski definition) is 5. The Hall–Kier alpha value is -2.38. The van der Waals surface area contributed by atoms with Crippen molar-refractivity contribution in [2.45, 2.75) is 53.6 Å². The van der Waals surface area contributed by atoms with Crippen molar-refractivity contribution in [1.29, 1.82) is 0 Å². The molecule has 0 aliphatic carbocycles. The van der Waals surface area contributed by atoms with Crippen LogP contribution in [0, 0.1) is 6.92 Å². The molecule has 1 aromatic rings. The van der Waals surface area contributed by atoms with Crippen LogP contribution in [0.25, 0.3) is 10.4 Å². The van der Waals surface area contributed by atoms with Crippen LogP contribution in [0.15, 0.2) is 34.3 Å². The minimum absolute atomic E-state index is 0.329. The van der Waals surface area contributed by atoms with Gasteiger partial charge in [0.1, 0.15) is 18.8 Å². The van der Waals surface area contributed by atoms with Gasteiger partial charge in [0.25, 0.3) is 0 Å². The van der Waals surface area contributed by atoms with E-state index in [-0.39, 0.29) is 6.42 Å². The largest absolute Gasteiger partial charge is 0.466 e. The summed E-state index contributed by atoms with van der Waals surface area (Å²) in [6.07, 6.45) is -6.68. The molecule has 12 nitrogen and oxygen atoms in total. The van der Waals surface area contributed by atoms with Gasteiger partial charge in [0, 0.05) is 16.2 Å². The molecule has 1 saturated heterocycles. The summed E-state index contributed by atoms with van der Waals surface area (Å²) in [6, 6.07) is 5.81. The standard InChI is InChI=1S/C19H26N4O8S/c1-10-3-5-11(6-4-10)32-19(18(29)30-2)7-12(25)15(22-14(27)9-24)17(31-19)16(28)13(26)8-21-23-20/h3-6,12-13,15-17,24-26,28H,7-9H2,1-2H3,(H,22,27)/t12-,13+,15+,16+,17+,19+/m0/s1. The van der Waals surface area contributed by atoms with E-state index < -0.39 is 60.4 Å². The molecule has 0 unspecified atom stereocenters. The molecule has 5 N–H and O–H groups in total. The molecular weight excluding hydrogens is 444 g/mol. The number of aliphatic hydroxyl groups excluding tert-OH is 4. The van der Waals surface area contributed by atoms with Gasteiger partial charge in [-0.15, -0.1) is 0 Å². The van der Waals surface area contributed by atoms with Gasteiger partial charge in [-0.1, -0.05) is 34.6 Å². The van der Waals surface area contributed by atoms with Crippen LogP contribution in [-0.4, -0.2) is 88.0 Å². The Labute approximate surface area is 188 Å². The third-order valence-corrected chi connectivity index (χ3v) is 6.17. The number of nitrogens with zero attached hydrogens (tertiary/aromatic N) is 3. The van der Waals surface area contributed by atoms with Crippen molar-refractivity contribution in [3.63, 3.8) is 0 Å². The normalized spacial score (nSPS) is 27.0. The Morgan fingerprint density at radius 1 is 1.41 bits per heavy atom. The summed E-state index contributed by atoms with van der Waals surface area (Å²) in [4.78, 5) is 25.9. The highest BCUT2D eigenvalue weighted by atomic mass is 32.2. The molecule has 0 saturated carbocycles. The Morgan fingerprint density at radius 3 is 2.62 bits per heavy atom. The Balaban J connectivity index is 2.45. The second kappa shape index (κ2) is 11.5. The summed E-state index contributed by atoms with van der Waals surface area (Å²) in [7, 11) is 1.14. The smallest absolute Gasteiger partial charge is 0.349 e. The molecule has 13 heteroatoms. The summed E-state index contributed by atoms with van der Waals surface area (Å²) < 4.78 is 10.8. The van der Waals surface area contributed by atoms with Crippen LogP contribution in [0.2, 0.25) is 0 Å². The van der Waals surface area contributed by atoms with E-state index in [1.165, 1.54) is 0 Å². The lowest BCUT2D eigenvalue weighted by atomic mass is 9.89. The van der Waals surface area contributed by atoms with Crippen molar-refractivity contribution < 1.29 is 39.5 Å². The van der Waals surface area contributed by atoms with Crippen molar-refractivity contribution in [2.24, 2.45) is 5.11 Å². The zero-order chi connectivity index (χ0) is 23.9. The predicted octanol–water partition coefficient (Wildman–Crippen LogP) is -0.385. The first-order chi connectivity index (χ1) is 15.2. The first-order valence-corrected chi connectivity index (χ1v) is 10.5. The van der Waals surface area contributed by atoms with Gasteiger partial charge in [-0.3, -0.25) is 4.79 Å². The van der Waals surface area contributed by atoms with Gasteiger partial charge in [0.05, 0.1) is 31.9 Å². The number of azide groups is 1. The number of aliphatic hydroxyl groups is 4. The molecule has 1 fully saturated rings. The number of ether oxygens (including phenoxy) is 2. The average molecular weight is 471 g/mol. The molecule has 1 amide bonds. The molecule has 0 radical (unpaired) electrons. The van der Waals surface area contributed by atoms with Crippen molar-refractivity contribution in [3.05, 3.63) is 40.3 Å². The second-order valence-corrected chi connectivity index (χ2v) is 8.57. The van der Waals surface area contributed by atoms with Crippen LogP contribution in [0.4, 0.5) is 0 Å². The number of carbonyl (C=O) groups is 2. The summed E-state index contributed by atoms with van der Waals surface area (Å²) in [5, 5.41) is 46.3. The lowest BCUT2D eigenvalue weighted by molar-refractivity contribution is -0.204. The molecule has 6 atom stereocenters. The SMILES string of the molecule is COC(=O)[C@]1(Sc2ccc(C)cc2)C[C@H](O)[C@@H](NC(=O)CO)[C@H]([C@H](O)[C@H](O)CN=[N+]=[N-])O1. The molecule has 32 heavy (non-hydrogen) atoms. The number of thioether (sulfide) groups is 1. The summed E-state index contributed by atoms with van der Waals surface area (Å²) >= 11 is 0.941. The van der Waals surface area contributed by atoms with Crippen molar-refractivity contribution >= 4 is 23.6 Å². The van der Waals surface area contributed by atoms with Gasteiger partial charge >= 0.3 is 5.97 Å². The van der Waals surface area contributed by atoms with E-state index in [4.69, 9.17) is 20.1 Å². The third kappa shape index (κ3) is 6.11. The zero-order valence-electron chi connectivity index (χ0n) is 17.5. The molecule has 0 bridgehead atoms. The molecule has 1 heterocycles. The number of amides is 1. The van der Waals surface area contributed by atoms with Crippen molar-refractivity contribution in [3.8, 4) is 0 Å². The lowest BCUT2D eigenvalue weighted by Crippen LogP contribution is -2.66. The molecule has 1 aliphatic rings. The fourth-order valence-corrected chi connectivity index (χ4v) is 4.53. The molecule has 0 aromatic heterocycles. The number of nitrogens with one attached hydrogen (secondary N) is 1. The molecule has 0 spiro atoms. The van der Waals surface area contributed by atoms with Crippen LogP contribution >= 0.6 is 11.8 Å². The van der Waals surface area contributed by atoms with E-state index in [0.717, 1.165) is 24.4 Å². The van der Waals surface area contributed by atoms with E-state index in [9.17, 15) is 24.9 Å². The van der Waals surface area contributed by atoms with E-state index in [2.05, 4.69) is 15.3 Å². The van der Waals surface area contributed by atoms with Gasteiger partial charge in [-0.05, 0) is 24.6 Å². The maximum atomic E-state index is 12.8. The van der Waals surface area contributed by atoms with Gasteiger partial charge in [0.2, 0.25) is 10.8 Å². The molecule has 2 rings (SSSR count). The van der Waals surface area contributed by atoms with Gasteiger partial charge < -0.3 is 35.2 Å². The first-order valence-electron chi connectivity index (χ1n) is 9.64. The topological polar surface area (TPSA) is 194 Å². The monoisotopic (exact) mass is 470 g/mol. The van der Waals surface area contributed by atoms with Crippen LogP contribution in [0.5, 0.6) is 0 Å². The zero-order valence-corrected chi connectivity index (χ0v) is 18.3. The minimum atomic E-state index is -1.83. The highest BCUT2D eigenvalue weighted by Crippen LogP contribution is 2.44. The number of aryl methyl sites for hydroxylation is 1. The van der Waals surface area contributed by atoms with Crippen LogP contribution in [0.3, 0.4) is 0 Å². The van der Waals surface area contributed by atoms with E-state index in [1.54, 1.807) is 12.1 Å². The van der Waals surface area contributed by atoms with Crippen molar-refractivity contribution in [1.82, 2.24) is 5.32 Å². The number of methoxy groups -OCH3 is 1. The lowest BCUT2D eigenvalue weighted by Gasteiger charge is -2.47. The number of carbonyl (C=O) groups excluding carboxylic acids is 2. The maximum absolute atomic E-state index is 12.8. The molecular formula is C19H26N4O8S. The Bertz CT molecular complexity index is 850. The highest BCUT2D eigenvalue weighted by molar-refractivity contribution is 8.01. The predicted molar refractivity (Wildman–Crippen MR) is 112 cm³/mol. The van der Waals surface area contributed by atoms with E-state index >= 15 is 0 Å². The summed E-state index contributed by atoms with van der Waals surface area (Å²) in [6.45, 7) is 0.468. The fraction of sp³-hybridized carbons (Fsp3) is 0.579. The number of esters is 1. The van der Waals surface area contributed by atoms with E-state index in [0.29, 0.717) is 4.90 Å². The number of benzene rings is 1. The van der Waals surface area contributed by atoms with Crippen LogP contribution < -0.4 is 5.32 Å². The van der Waals surface area contributed by atoms with Gasteiger partial charge in [0.15, 0.2) is 0 Å². The molecule has 1 aliphatic heterocycles. The molecule has 176 valence electrons. The maximum Gasteiger partial charge on any atom is 0.349 e. The number of rotatable bonds is 9. The summed E-state index contributed by atoms with van der Waals surface area (Å²) in [5.74, 6) is -1.72. The quantitative estimate of drug-likeness (QED) is 0.138. The molecule has 1 aromatic carbocycles. The van der Waals surface area contributed by atoms with Crippen molar-refractivity contribution in [2.75, 3.05) is 20.3 Å². The van der Waals surface area contributed by atoms with Gasteiger partial charge in [-0.2, -0.15) is 0 Å². The first kappa shape index (κ1) is 25.9. The number of hydrogen-bond acceptors (Lipinski definition) is 10. The second-order valence-electron chi connectivity index (χ2n) is 7.24. The minimum Gasteiger partial charge on any atom is -0.466 e. The average Bonchev–Trinajstić information content (AvgIpc) is 2.79.